The van der Waals surface area contributed by atoms with E-state index in [0.29, 0.717) is 19.3 Å². The molecular weight excluding hydrogens is 254 g/mol. The minimum atomic E-state index is -2.95. The Hall–Kier alpha value is -0.330. The van der Waals surface area contributed by atoms with Crippen molar-refractivity contribution in [1.29, 1.82) is 0 Å². The zero-order valence-electron chi connectivity index (χ0n) is 9.22. The highest BCUT2D eigenvalue weighted by Crippen LogP contribution is 2.22. The van der Waals surface area contributed by atoms with Crippen LogP contribution in [0.3, 0.4) is 0 Å². The van der Waals surface area contributed by atoms with Crippen molar-refractivity contribution in [3.8, 4) is 0 Å². The highest BCUT2D eigenvalue weighted by Gasteiger charge is 2.30. The second kappa shape index (κ2) is 6.42. The predicted octanol–water partition coefficient (Wildman–Crippen LogP) is 0.123. The average Bonchev–Trinajstić information content (AvgIpc) is 2.15. The number of carbonyl (C=O) groups excluding carboxylic acids is 1. The smallest absolute Gasteiger partial charge is 0.305 e. The Morgan fingerprint density at radius 2 is 2.12 bits per heavy atom. The van der Waals surface area contributed by atoms with E-state index in [-0.39, 0.29) is 41.8 Å². The molecule has 16 heavy (non-hydrogen) atoms. The number of ether oxygens (including phenoxy) is 1. The molecule has 5 nitrogen and oxygen atoms in total. The number of rotatable bonds is 3. The third-order valence-corrected chi connectivity index (χ3v) is 4.55. The summed E-state index contributed by atoms with van der Waals surface area (Å²) >= 11 is 0. The molecule has 0 aliphatic carbocycles. The van der Waals surface area contributed by atoms with Gasteiger partial charge in [0.2, 0.25) is 0 Å². The number of hydrogen-bond acceptors (Lipinski definition) is 5. The molecule has 1 aliphatic rings. The maximum atomic E-state index is 11.2. The molecule has 96 valence electrons. The van der Waals surface area contributed by atoms with Crippen molar-refractivity contribution in [1.82, 2.24) is 0 Å². The Bertz CT molecular complexity index is 330. The van der Waals surface area contributed by atoms with Crippen LogP contribution in [0.1, 0.15) is 19.3 Å². The molecule has 1 rings (SSSR count). The molecule has 7 heteroatoms. The fraction of sp³-hybridized carbons (Fsp3) is 0.889. The number of halogens is 1. The molecule has 0 radical (unpaired) electrons. The van der Waals surface area contributed by atoms with Gasteiger partial charge in [-0.15, -0.1) is 12.4 Å². The Kier molecular flexibility index (Phi) is 6.28. The summed E-state index contributed by atoms with van der Waals surface area (Å²) in [5.74, 6) is 0.0778. The number of methoxy groups -OCH3 is 1. The van der Waals surface area contributed by atoms with E-state index in [2.05, 4.69) is 4.74 Å². The zero-order chi connectivity index (χ0) is 11.5. The lowest BCUT2D eigenvalue weighted by molar-refractivity contribution is -0.140. The van der Waals surface area contributed by atoms with E-state index < -0.39 is 9.84 Å². The normalized spacial score (nSPS) is 27.9. The van der Waals surface area contributed by atoms with Gasteiger partial charge in [-0.2, -0.15) is 0 Å². The van der Waals surface area contributed by atoms with Gasteiger partial charge in [-0.3, -0.25) is 4.79 Å². The van der Waals surface area contributed by atoms with Crippen LogP contribution in [0.15, 0.2) is 0 Å². The van der Waals surface area contributed by atoms with Gasteiger partial charge in [0.1, 0.15) is 0 Å². The number of esters is 1. The monoisotopic (exact) mass is 271 g/mol. The molecule has 0 spiro atoms. The van der Waals surface area contributed by atoms with Crippen LogP contribution in [-0.4, -0.2) is 39.0 Å². The van der Waals surface area contributed by atoms with Crippen LogP contribution < -0.4 is 5.73 Å². The van der Waals surface area contributed by atoms with Crippen LogP contribution in [0.5, 0.6) is 0 Å². The first kappa shape index (κ1) is 15.7. The summed E-state index contributed by atoms with van der Waals surface area (Å²) in [5.41, 5.74) is 5.75. The SMILES string of the molecule is COC(=O)CCC1CCS(=O)(=O)CC1N.Cl. The van der Waals surface area contributed by atoms with Gasteiger partial charge in [0.25, 0.3) is 0 Å². The third-order valence-electron chi connectivity index (χ3n) is 2.80. The van der Waals surface area contributed by atoms with Gasteiger partial charge in [-0.05, 0) is 18.8 Å². The van der Waals surface area contributed by atoms with Gasteiger partial charge >= 0.3 is 5.97 Å². The number of nitrogens with two attached hydrogens (primary N) is 1. The largest absolute Gasteiger partial charge is 0.469 e. The predicted molar refractivity (Wildman–Crippen MR) is 63.2 cm³/mol. The molecule has 1 heterocycles. The van der Waals surface area contributed by atoms with Crippen molar-refractivity contribution in [3.05, 3.63) is 0 Å². The highest BCUT2D eigenvalue weighted by atomic mass is 35.5. The van der Waals surface area contributed by atoms with Gasteiger partial charge in [-0.1, -0.05) is 0 Å². The summed E-state index contributed by atoms with van der Waals surface area (Å²) in [7, 11) is -1.61. The topological polar surface area (TPSA) is 86.5 Å². The van der Waals surface area contributed by atoms with Gasteiger partial charge < -0.3 is 10.5 Å². The molecule has 2 N–H and O–H groups in total. The van der Waals surface area contributed by atoms with Crippen molar-refractivity contribution < 1.29 is 17.9 Å². The van der Waals surface area contributed by atoms with Crippen LogP contribution in [0, 0.1) is 5.92 Å². The highest BCUT2D eigenvalue weighted by molar-refractivity contribution is 7.91. The maximum absolute atomic E-state index is 11.2. The van der Waals surface area contributed by atoms with E-state index in [1.54, 1.807) is 0 Å². The Morgan fingerprint density at radius 1 is 1.50 bits per heavy atom. The Morgan fingerprint density at radius 3 is 2.62 bits per heavy atom. The molecule has 2 unspecified atom stereocenters. The van der Waals surface area contributed by atoms with Crippen LogP contribution in [-0.2, 0) is 19.4 Å². The van der Waals surface area contributed by atoms with Crippen molar-refractivity contribution >= 4 is 28.2 Å². The molecule has 0 amide bonds. The number of carbonyl (C=O) groups is 1. The standard InChI is InChI=1S/C9H17NO4S.ClH/c1-14-9(11)3-2-7-4-5-15(12,13)6-8(7)10;/h7-8H,2-6,10H2,1H3;1H. The second-order valence-electron chi connectivity index (χ2n) is 3.94. The van der Waals surface area contributed by atoms with Gasteiger partial charge in [0.15, 0.2) is 9.84 Å². The molecule has 1 saturated heterocycles. The van der Waals surface area contributed by atoms with E-state index >= 15 is 0 Å². The zero-order valence-corrected chi connectivity index (χ0v) is 10.9. The number of hydrogen-bond donors (Lipinski definition) is 1. The molecule has 0 bridgehead atoms. The fourth-order valence-electron chi connectivity index (χ4n) is 1.82. The quantitative estimate of drug-likeness (QED) is 0.737. The molecule has 2 atom stereocenters. The van der Waals surface area contributed by atoms with E-state index in [4.69, 9.17) is 5.73 Å². The lowest BCUT2D eigenvalue weighted by Gasteiger charge is -2.28. The molecule has 1 fully saturated rings. The summed E-state index contributed by atoms with van der Waals surface area (Å²) in [5, 5.41) is 0. The Balaban J connectivity index is 0.00000225. The van der Waals surface area contributed by atoms with E-state index in [0.717, 1.165) is 0 Å². The lowest BCUT2D eigenvalue weighted by atomic mass is 9.93. The van der Waals surface area contributed by atoms with Crippen LogP contribution in [0.2, 0.25) is 0 Å². The maximum Gasteiger partial charge on any atom is 0.305 e. The molecule has 0 aromatic heterocycles. The van der Waals surface area contributed by atoms with E-state index in [1.807, 2.05) is 0 Å². The summed E-state index contributed by atoms with van der Waals surface area (Å²) < 4.78 is 27.0. The fourth-order valence-corrected chi connectivity index (χ4v) is 3.51. The van der Waals surface area contributed by atoms with Crippen LogP contribution in [0.4, 0.5) is 0 Å². The first-order valence-corrected chi connectivity index (χ1v) is 6.79. The molecule has 0 aromatic rings. The first-order chi connectivity index (χ1) is 6.94. The average molecular weight is 272 g/mol. The first-order valence-electron chi connectivity index (χ1n) is 4.97. The molecule has 0 saturated carbocycles. The van der Waals surface area contributed by atoms with Crippen molar-refractivity contribution in [2.45, 2.75) is 25.3 Å². The summed E-state index contributed by atoms with van der Waals surface area (Å²) in [6.07, 6.45) is 1.48. The van der Waals surface area contributed by atoms with E-state index in [1.165, 1.54) is 7.11 Å². The minimum absolute atomic E-state index is 0. The lowest BCUT2D eigenvalue weighted by Crippen LogP contribution is -2.43. The molecule has 1 aliphatic heterocycles. The number of sulfone groups is 1. The molecular formula is C9H18ClNO4S. The van der Waals surface area contributed by atoms with Gasteiger partial charge in [0.05, 0.1) is 18.6 Å². The van der Waals surface area contributed by atoms with Crippen molar-refractivity contribution in [2.75, 3.05) is 18.6 Å². The summed E-state index contributed by atoms with van der Waals surface area (Å²) in [6.45, 7) is 0. The van der Waals surface area contributed by atoms with Crippen molar-refractivity contribution in [3.63, 3.8) is 0 Å². The van der Waals surface area contributed by atoms with Gasteiger partial charge in [-0.25, -0.2) is 8.42 Å². The molecule has 0 aromatic carbocycles. The van der Waals surface area contributed by atoms with Gasteiger partial charge in [0, 0.05) is 12.5 Å². The van der Waals surface area contributed by atoms with Crippen molar-refractivity contribution in [2.24, 2.45) is 11.7 Å². The second-order valence-corrected chi connectivity index (χ2v) is 6.17. The Labute approximate surface area is 102 Å². The van der Waals surface area contributed by atoms with Crippen LogP contribution in [0.25, 0.3) is 0 Å². The van der Waals surface area contributed by atoms with Crippen LogP contribution >= 0.6 is 12.4 Å². The minimum Gasteiger partial charge on any atom is -0.469 e. The summed E-state index contributed by atoms with van der Waals surface area (Å²) in [6, 6.07) is -0.339. The van der Waals surface area contributed by atoms with E-state index in [9.17, 15) is 13.2 Å². The summed E-state index contributed by atoms with van der Waals surface area (Å²) in [4.78, 5) is 10.9. The third kappa shape index (κ3) is 4.67.